The van der Waals surface area contributed by atoms with Crippen molar-refractivity contribution in [3.8, 4) is 5.75 Å². The number of aromatic nitrogens is 3. The molecule has 7 nitrogen and oxygen atoms in total. The van der Waals surface area contributed by atoms with Crippen molar-refractivity contribution in [2.24, 2.45) is 7.05 Å². The molecule has 0 aliphatic heterocycles. The number of phenols is 1. The van der Waals surface area contributed by atoms with Gasteiger partial charge in [-0.25, -0.2) is 9.78 Å². The normalized spacial score (nSPS) is 10.9. The maximum absolute atomic E-state index is 12.8. The molecule has 0 spiro atoms. The number of phenolic OH excluding ortho intramolecular Hbond substituents is 1. The fourth-order valence-corrected chi connectivity index (χ4v) is 3.22. The first-order valence-corrected chi connectivity index (χ1v) is 8.93. The summed E-state index contributed by atoms with van der Waals surface area (Å²) in [7, 11) is 1.39. The molecule has 2 heterocycles. The summed E-state index contributed by atoms with van der Waals surface area (Å²) in [5.74, 6) is -0.611. The molecule has 4 aromatic rings. The number of fused-ring (bicyclic) bond motifs is 1. The first kappa shape index (κ1) is 18.4. The highest BCUT2D eigenvalue weighted by molar-refractivity contribution is 6.11. The fraction of sp³-hybridized carbons (Fsp3) is 0.0909. The molecule has 0 amide bonds. The van der Waals surface area contributed by atoms with Gasteiger partial charge in [0.15, 0.2) is 5.78 Å². The van der Waals surface area contributed by atoms with E-state index in [1.165, 1.54) is 36.0 Å². The molecule has 0 bridgehead atoms. The lowest BCUT2D eigenvalue weighted by Gasteiger charge is -2.12. The number of ketones is 1. The van der Waals surface area contributed by atoms with Gasteiger partial charge in [0.25, 0.3) is 5.56 Å². The topological polar surface area (TPSA) is 94.2 Å². The molecule has 4 rings (SSSR count). The largest absolute Gasteiger partial charge is 0.507 e. The number of carbonyl (C=O) groups excluding carboxylic acids is 1. The lowest BCUT2D eigenvalue weighted by molar-refractivity contribution is 0.103. The number of pyridine rings is 1. The smallest absolute Gasteiger partial charge is 0.332 e. The van der Waals surface area contributed by atoms with Crippen molar-refractivity contribution in [3.05, 3.63) is 104 Å². The van der Waals surface area contributed by atoms with Crippen LogP contribution in [0.1, 0.15) is 21.5 Å². The minimum Gasteiger partial charge on any atom is -0.507 e. The Morgan fingerprint density at radius 2 is 1.72 bits per heavy atom. The predicted octanol–water partition coefficient (Wildman–Crippen LogP) is 2.08. The molecule has 0 radical (unpaired) electrons. The van der Waals surface area contributed by atoms with Gasteiger partial charge in [-0.3, -0.25) is 18.7 Å². The number of nitrogens with zero attached hydrogens (tertiary/aromatic N) is 3. The van der Waals surface area contributed by atoms with E-state index in [0.29, 0.717) is 0 Å². The van der Waals surface area contributed by atoms with Gasteiger partial charge < -0.3 is 5.11 Å². The third kappa shape index (κ3) is 3.23. The lowest BCUT2D eigenvalue weighted by atomic mass is 10.0. The number of para-hydroxylation sites is 1. The Morgan fingerprint density at radius 3 is 2.45 bits per heavy atom. The number of carbonyl (C=O) groups is 1. The molecule has 2 aromatic carbocycles. The van der Waals surface area contributed by atoms with E-state index in [-0.39, 0.29) is 34.5 Å². The predicted molar refractivity (Wildman–Crippen MR) is 108 cm³/mol. The zero-order chi connectivity index (χ0) is 20.5. The van der Waals surface area contributed by atoms with E-state index >= 15 is 0 Å². The van der Waals surface area contributed by atoms with E-state index in [0.717, 1.165) is 10.1 Å². The lowest BCUT2D eigenvalue weighted by Crippen LogP contribution is -2.38. The van der Waals surface area contributed by atoms with E-state index in [1.54, 1.807) is 12.1 Å². The third-order valence-corrected chi connectivity index (χ3v) is 4.77. The van der Waals surface area contributed by atoms with Crippen LogP contribution in [-0.4, -0.2) is 25.0 Å². The van der Waals surface area contributed by atoms with Crippen molar-refractivity contribution < 1.29 is 9.90 Å². The average molecular weight is 387 g/mol. The Bertz CT molecular complexity index is 1350. The molecule has 0 fully saturated rings. The number of rotatable bonds is 4. The van der Waals surface area contributed by atoms with Crippen LogP contribution >= 0.6 is 0 Å². The molecule has 0 aliphatic rings. The van der Waals surface area contributed by atoms with Crippen LogP contribution in [0.15, 0.2) is 76.4 Å². The quantitative estimate of drug-likeness (QED) is 0.541. The zero-order valence-corrected chi connectivity index (χ0v) is 15.6. The first-order chi connectivity index (χ1) is 14.0. The zero-order valence-electron chi connectivity index (χ0n) is 15.6. The molecule has 144 valence electrons. The van der Waals surface area contributed by atoms with Crippen molar-refractivity contribution in [1.29, 1.82) is 0 Å². The van der Waals surface area contributed by atoms with Crippen LogP contribution in [0.25, 0.3) is 11.0 Å². The van der Waals surface area contributed by atoms with E-state index in [1.807, 2.05) is 30.3 Å². The molecule has 0 atom stereocenters. The Kier molecular flexibility index (Phi) is 4.56. The Hall–Kier alpha value is -4.00. The number of hydrogen-bond acceptors (Lipinski definition) is 5. The highest BCUT2D eigenvalue weighted by atomic mass is 16.3. The van der Waals surface area contributed by atoms with E-state index < -0.39 is 17.0 Å². The molecule has 7 heteroatoms. The molecule has 0 saturated carbocycles. The number of benzene rings is 2. The monoisotopic (exact) mass is 387 g/mol. The number of hydrogen-bond donors (Lipinski definition) is 1. The summed E-state index contributed by atoms with van der Waals surface area (Å²) in [5, 5.41) is 10.1. The third-order valence-electron chi connectivity index (χ3n) is 4.77. The second-order valence-electron chi connectivity index (χ2n) is 6.66. The van der Waals surface area contributed by atoms with Crippen molar-refractivity contribution in [3.63, 3.8) is 0 Å². The maximum atomic E-state index is 12.8. The minimum atomic E-state index is -0.534. The molecule has 0 unspecified atom stereocenters. The summed E-state index contributed by atoms with van der Waals surface area (Å²) in [5.41, 5.74) is 0.331. The molecule has 29 heavy (non-hydrogen) atoms. The summed E-state index contributed by atoms with van der Waals surface area (Å²) >= 11 is 0. The summed E-state index contributed by atoms with van der Waals surface area (Å²) in [4.78, 5) is 42.4. The second kappa shape index (κ2) is 7.20. The highest BCUT2D eigenvalue weighted by Crippen LogP contribution is 2.20. The molecular formula is C22H17N3O4. The molecule has 1 N–H and O–H groups in total. The molecule has 0 aliphatic carbocycles. The van der Waals surface area contributed by atoms with E-state index in [2.05, 4.69) is 4.98 Å². The molecule has 2 aromatic heterocycles. The highest BCUT2D eigenvalue weighted by Gasteiger charge is 2.18. The van der Waals surface area contributed by atoms with Crippen molar-refractivity contribution in [2.75, 3.05) is 0 Å². The van der Waals surface area contributed by atoms with E-state index in [9.17, 15) is 19.5 Å². The van der Waals surface area contributed by atoms with Crippen molar-refractivity contribution in [1.82, 2.24) is 14.1 Å². The van der Waals surface area contributed by atoms with Crippen LogP contribution in [0, 0.1) is 0 Å². The SMILES string of the molecule is Cn1c(=O)c2cc(C(=O)c3ccccc3O)cnc2n(Cc2ccccc2)c1=O. The fourth-order valence-electron chi connectivity index (χ4n) is 3.22. The minimum absolute atomic E-state index is 0.114. The van der Waals surface area contributed by atoms with Gasteiger partial charge in [-0.15, -0.1) is 0 Å². The van der Waals surface area contributed by atoms with Gasteiger partial charge in [0.2, 0.25) is 0 Å². The average Bonchev–Trinajstić information content (AvgIpc) is 2.75. The van der Waals surface area contributed by atoms with Gasteiger partial charge in [-0.2, -0.15) is 0 Å². The van der Waals surface area contributed by atoms with Crippen molar-refractivity contribution >= 4 is 16.8 Å². The maximum Gasteiger partial charge on any atom is 0.332 e. The Morgan fingerprint density at radius 1 is 1.03 bits per heavy atom. The standard InChI is InChI=1S/C22H17N3O4/c1-24-21(28)17-11-15(19(27)16-9-5-6-10-18(16)26)12-23-20(17)25(22(24)29)13-14-7-3-2-4-8-14/h2-12,26H,13H2,1H3. The van der Waals surface area contributed by atoms with Gasteiger partial charge in [-0.05, 0) is 23.8 Å². The second-order valence-corrected chi connectivity index (χ2v) is 6.66. The van der Waals surface area contributed by atoms with Gasteiger partial charge in [-0.1, -0.05) is 42.5 Å². The first-order valence-electron chi connectivity index (χ1n) is 8.93. The van der Waals surface area contributed by atoms with Crippen LogP contribution in [-0.2, 0) is 13.6 Å². The van der Waals surface area contributed by atoms with Crippen LogP contribution in [0.4, 0.5) is 0 Å². The van der Waals surface area contributed by atoms with E-state index in [4.69, 9.17) is 0 Å². The van der Waals surface area contributed by atoms with Crippen LogP contribution < -0.4 is 11.2 Å². The van der Waals surface area contributed by atoms with Crippen LogP contribution in [0.5, 0.6) is 5.75 Å². The van der Waals surface area contributed by atoms with Crippen molar-refractivity contribution in [2.45, 2.75) is 6.54 Å². The Balaban J connectivity index is 1.90. The number of aromatic hydroxyl groups is 1. The van der Waals surface area contributed by atoms with Crippen LogP contribution in [0.2, 0.25) is 0 Å². The summed E-state index contributed by atoms with van der Waals surface area (Å²) in [6, 6.07) is 16.9. The molecular weight excluding hydrogens is 370 g/mol. The molecule has 0 saturated heterocycles. The van der Waals surface area contributed by atoms with Gasteiger partial charge >= 0.3 is 5.69 Å². The van der Waals surface area contributed by atoms with Crippen LogP contribution in [0.3, 0.4) is 0 Å². The van der Waals surface area contributed by atoms with Gasteiger partial charge in [0.1, 0.15) is 11.4 Å². The summed E-state index contributed by atoms with van der Waals surface area (Å²) in [6.45, 7) is 0.240. The summed E-state index contributed by atoms with van der Waals surface area (Å²) < 4.78 is 2.40. The summed E-state index contributed by atoms with van der Waals surface area (Å²) in [6.07, 6.45) is 1.32. The van der Waals surface area contributed by atoms with Gasteiger partial charge in [0.05, 0.1) is 17.5 Å². The Labute approximate surface area is 165 Å². The van der Waals surface area contributed by atoms with Gasteiger partial charge in [0, 0.05) is 18.8 Å².